The Bertz CT molecular complexity index is 3960. The van der Waals surface area contributed by atoms with Gasteiger partial charge in [0.1, 0.15) is 12.7 Å². The molecule has 0 bridgehead atoms. The van der Waals surface area contributed by atoms with Crippen LogP contribution in [0, 0.1) is 27.7 Å². The number of hydrogen-bond donors (Lipinski definition) is 4. The van der Waals surface area contributed by atoms with Crippen molar-refractivity contribution in [3.8, 4) is 11.5 Å². The zero-order chi connectivity index (χ0) is 67.8. The lowest BCUT2D eigenvalue weighted by Gasteiger charge is -2.24. The van der Waals surface area contributed by atoms with Gasteiger partial charge < -0.3 is 40.1 Å². The zero-order valence-corrected chi connectivity index (χ0v) is 55.6. The highest BCUT2D eigenvalue weighted by molar-refractivity contribution is 7.34. The van der Waals surface area contributed by atoms with Crippen molar-refractivity contribution in [2.75, 3.05) is 61.0 Å². The zero-order valence-electron chi connectivity index (χ0n) is 52.3. The van der Waals surface area contributed by atoms with Gasteiger partial charge in [0, 0.05) is 82.7 Å². The summed E-state index contributed by atoms with van der Waals surface area (Å²) >= 11 is 12.4. The molecule has 2 aliphatic heterocycles. The third-order valence-electron chi connectivity index (χ3n) is 14.6. The molecule has 0 spiro atoms. The number of carbonyl (C=O) groups excluding carboxylic acids is 6. The number of benzene rings is 8. The van der Waals surface area contributed by atoms with Crippen molar-refractivity contribution in [2.45, 2.75) is 65.6 Å². The fourth-order valence-electron chi connectivity index (χ4n) is 9.85. The molecule has 24 heteroatoms. The predicted molar refractivity (Wildman–Crippen MR) is 361 cm³/mol. The molecular weight excluding hydrogens is 1290 g/mol. The summed E-state index contributed by atoms with van der Waals surface area (Å²) < 4.78 is 53.2. The van der Waals surface area contributed by atoms with Gasteiger partial charge in [0.05, 0.1) is 26.0 Å². The van der Waals surface area contributed by atoms with E-state index in [1.54, 1.807) is 143 Å². The number of fused-ring (bicyclic) bond motifs is 2. The highest BCUT2D eigenvalue weighted by atomic mass is 35.5. The molecule has 0 aliphatic carbocycles. The second-order valence-corrected chi connectivity index (χ2v) is 23.8. The smallest absolute Gasteiger partial charge is 0.467 e. The highest BCUT2D eigenvalue weighted by Crippen LogP contribution is 2.43. The molecule has 488 valence electrons. The van der Waals surface area contributed by atoms with Crippen LogP contribution < -0.4 is 29.5 Å². The third-order valence-corrected chi connectivity index (χ3v) is 16.6. The molecule has 3 unspecified atom stereocenters. The van der Waals surface area contributed by atoms with Crippen LogP contribution in [0.3, 0.4) is 0 Å². The van der Waals surface area contributed by atoms with Gasteiger partial charge in [0.15, 0.2) is 11.5 Å². The summed E-state index contributed by atoms with van der Waals surface area (Å²) in [7, 11) is -2.39. The van der Waals surface area contributed by atoms with Crippen LogP contribution in [0.4, 0.5) is 22.7 Å². The molecule has 20 nitrogen and oxygen atoms in total. The molecule has 4 N–H and O–H groups in total. The number of aryl methyl sites for hydroxylation is 4. The van der Waals surface area contributed by atoms with Crippen molar-refractivity contribution in [3.63, 3.8) is 0 Å². The maximum atomic E-state index is 13.8. The molecule has 0 saturated heterocycles. The number of amides is 4. The van der Waals surface area contributed by atoms with Crippen LogP contribution in [0.1, 0.15) is 113 Å². The van der Waals surface area contributed by atoms with Gasteiger partial charge >= 0.3 is 28.4 Å². The number of aliphatic hydroxyl groups excluding tert-OH is 2. The Morgan fingerprint density at radius 1 is 0.511 bits per heavy atom. The maximum absolute atomic E-state index is 13.8. The number of rotatable bonds is 16. The first-order chi connectivity index (χ1) is 45.2. The lowest BCUT2D eigenvalue weighted by molar-refractivity contribution is -0.144. The number of aliphatic hydroxyl groups is 2. The van der Waals surface area contributed by atoms with Gasteiger partial charge in [-0.15, -0.1) is 9.05 Å². The molecule has 8 aromatic rings. The summed E-state index contributed by atoms with van der Waals surface area (Å²) in [5, 5.41) is 25.1. The Morgan fingerprint density at radius 3 is 1.38 bits per heavy atom. The van der Waals surface area contributed by atoms with E-state index in [-0.39, 0.29) is 23.6 Å². The SMILES string of the molecule is COC(=O)CO.COC(=O)CO[P+](=O)OC1CCCN(C(=O)c2ccc(NC(=O)c3ccccc3C)cc2C)c2ccc(Cl)cc21.Cc1ccccc1C(=O)Nc1ccc(C(=O)N2CCCC(O)c3cc(Cl)ccc32)c(C)c1.O=[P+](Oc1ccccc1)Oc1ccccc1. The highest BCUT2D eigenvalue weighted by Gasteiger charge is 2.36. The van der Waals surface area contributed by atoms with Gasteiger partial charge in [-0.1, -0.05) is 96.0 Å². The number of hydrogen-bond acceptors (Lipinski definition) is 16. The Hall–Kier alpha value is -9.20. The van der Waals surface area contributed by atoms with Crippen LogP contribution in [0.25, 0.3) is 0 Å². The fraction of sp³-hybridized carbons (Fsp3) is 0.229. The van der Waals surface area contributed by atoms with E-state index in [0.29, 0.717) is 122 Å². The monoisotopic (exact) mass is 1350 g/mol. The number of methoxy groups -OCH3 is 2. The van der Waals surface area contributed by atoms with Gasteiger partial charge in [-0.25, -0.2) is 18.6 Å². The van der Waals surface area contributed by atoms with Gasteiger partial charge in [-0.2, -0.15) is 0 Å². The van der Waals surface area contributed by atoms with Crippen molar-refractivity contribution in [1.29, 1.82) is 0 Å². The van der Waals surface area contributed by atoms with Crippen LogP contribution in [-0.4, -0.2) is 86.3 Å². The number of nitrogens with one attached hydrogen (secondary N) is 2. The van der Waals surface area contributed by atoms with E-state index in [2.05, 4.69) is 20.1 Å². The van der Waals surface area contributed by atoms with Crippen molar-refractivity contribution < 1.29 is 75.7 Å². The average molecular weight is 1360 g/mol. The molecule has 2 heterocycles. The van der Waals surface area contributed by atoms with Crippen molar-refractivity contribution in [2.24, 2.45) is 0 Å². The van der Waals surface area contributed by atoms with Crippen LogP contribution in [-0.2, 0) is 37.2 Å². The van der Waals surface area contributed by atoms with E-state index in [1.165, 1.54) is 14.2 Å². The molecule has 2 aliphatic rings. The third kappa shape index (κ3) is 20.6. The summed E-state index contributed by atoms with van der Waals surface area (Å²) in [6.45, 7) is 7.29. The molecule has 0 saturated carbocycles. The largest absolute Gasteiger partial charge is 0.805 e. The summed E-state index contributed by atoms with van der Waals surface area (Å²) in [4.78, 5) is 77.0. The summed E-state index contributed by atoms with van der Waals surface area (Å²) in [6.07, 6.45) is 0.923. The Labute approximate surface area is 556 Å². The number of para-hydroxylation sites is 2. The Balaban J connectivity index is 0.000000204. The van der Waals surface area contributed by atoms with Gasteiger partial charge in [-0.05, 0) is 185 Å². The summed E-state index contributed by atoms with van der Waals surface area (Å²) in [5.74, 6) is -1.01. The van der Waals surface area contributed by atoms with E-state index < -0.39 is 53.9 Å². The number of nitrogens with zero attached hydrogens (tertiary/aromatic N) is 2. The molecular formula is C70H70Cl2N4O16P2+2. The number of esters is 2. The second kappa shape index (κ2) is 35.7. The molecule has 3 atom stereocenters. The lowest BCUT2D eigenvalue weighted by atomic mass is 10.0. The first-order valence-corrected chi connectivity index (χ1v) is 32.4. The first-order valence-electron chi connectivity index (χ1n) is 29.5. The molecule has 0 fully saturated rings. The van der Waals surface area contributed by atoms with E-state index >= 15 is 0 Å². The van der Waals surface area contributed by atoms with Gasteiger partial charge in [0.2, 0.25) is 6.61 Å². The summed E-state index contributed by atoms with van der Waals surface area (Å²) in [5.41, 5.74) is 9.16. The number of halogens is 2. The number of anilines is 4. The molecule has 8 aromatic carbocycles. The average Bonchev–Trinajstić information content (AvgIpc) is 1.46. The molecule has 94 heavy (non-hydrogen) atoms. The number of ether oxygens (including phenoxy) is 2. The molecule has 0 radical (unpaired) electrons. The predicted octanol–water partition coefficient (Wildman–Crippen LogP) is 15.2. The van der Waals surface area contributed by atoms with Crippen LogP contribution in [0.2, 0.25) is 10.0 Å². The van der Waals surface area contributed by atoms with Crippen molar-refractivity contribution in [1.82, 2.24) is 0 Å². The van der Waals surface area contributed by atoms with E-state index in [0.717, 1.165) is 16.7 Å². The topological polar surface area (TPSA) is 263 Å². The van der Waals surface area contributed by atoms with Crippen LogP contribution in [0.5, 0.6) is 11.5 Å². The van der Waals surface area contributed by atoms with Crippen molar-refractivity contribution in [3.05, 3.63) is 248 Å². The van der Waals surface area contributed by atoms with E-state index in [1.807, 2.05) is 76.2 Å². The fourth-order valence-corrected chi connectivity index (χ4v) is 11.5. The summed E-state index contributed by atoms with van der Waals surface area (Å²) in [6, 6.07) is 53.3. The van der Waals surface area contributed by atoms with E-state index in [9.17, 15) is 43.0 Å². The van der Waals surface area contributed by atoms with Gasteiger partial charge in [0.25, 0.3) is 23.6 Å². The second-order valence-electron chi connectivity index (χ2n) is 21.2. The minimum atomic E-state index is -2.63. The van der Waals surface area contributed by atoms with Crippen LogP contribution in [0.15, 0.2) is 182 Å². The minimum Gasteiger partial charge on any atom is -0.467 e. The normalized spacial score (nSPS) is 13.8. The molecule has 4 amide bonds. The first kappa shape index (κ1) is 72.2. The van der Waals surface area contributed by atoms with E-state index in [4.69, 9.17) is 46.4 Å². The molecule has 0 aromatic heterocycles. The number of carbonyl (C=O) groups is 6. The molecule has 10 rings (SSSR count). The standard InChI is InChI=1S/C29H28ClN2O7P.C26H25ClN2O3.C12H10O3P.C3H6O3/c1-18-7-4-5-8-22(18)28(34)31-21-11-12-23(19(2)15-21)29(35)32-14-6-9-26(24-16-20(30)10-13-25(24)32)39-40(36)38-17-27(33)37-3;1-16-6-3-4-7-20(16)25(31)28-19-10-11-21(17(2)14-19)26(32)29-13-5-8-24(30)22-15-18(27)9-12-23(22)29;13-16(14-11-7-3-1-4-8-11)15-12-9-5-2-6-10-12;1-6-3(5)2-4/h4-5,7-8,10-13,15-16,26H,6,9,14,17H2,1-3H3;3-4,6-7,9-12,14-15,24,30H,5,8,13H2,1-2H3,(H,28,31);1-10H;4H,2H2,1H3/q;;+1;/p+1. The minimum absolute atomic E-state index is 0.142. The van der Waals surface area contributed by atoms with Gasteiger partial charge in [-0.3, -0.25) is 19.2 Å². The quantitative estimate of drug-likeness (QED) is 0.0517. The lowest BCUT2D eigenvalue weighted by Crippen LogP contribution is -2.32. The Morgan fingerprint density at radius 2 is 0.947 bits per heavy atom. The van der Waals surface area contributed by atoms with Crippen molar-refractivity contribution >= 4 is 98.0 Å². The Kier molecular flexibility index (Phi) is 27.5. The maximum Gasteiger partial charge on any atom is 0.805 e. The van der Waals surface area contributed by atoms with Crippen LogP contribution >= 0.6 is 39.7 Å².